The Morgan fingerprint density at radius 3 is 2.33 bits per heavy atom. The minimum Gasteiger partial charge on any atom is -0.362 e. The summed E-state index contributed by atoms with van der Waals surface area (Å²) in [5.41, 5.74) is 0.305. The molecule has 1 rings (SSSR count). The summed E-state index contributed by atoms with van der Waals surface area (Å²) in [6.45, 7) is 9.80. The van der Waals surface area contributed by atoms with Crippen LogP contribution in [0.2, 0.25) is 0 Å². The molecule has 1 saturated heterocycles. The van der Waals surface area contributed by atoms with Gasteiger partial charge in [-0.2, -0.15) is 0 Å². The molecular formula is C10H19ClO. The Hall–Kier alpha value is 0.250. The summed E-state index contributed by atoms with van der Waals surface area (Å²) in [7, 11) is 0. The Morgan fingerprint density at radius 2 is 2.00 bits per heavy atom. The number of hydrogen-bond donors (Lipinski definition) is 0. The summed E-state index contributed by atoms with van der Waals surface area (Å²) in [4.78, 5) is 0. The van der Waals surface area contributed by atoms with Crippen LogP contribution in [0.15, 0.2) is 0 Å². The van der Waals surface area contributed by atoms with Gasteiger partial charge in [0.2, 0.25) is 0 Å². The number of rotatable bonds is 1. The highest BCUT2D eigenvalue weighted by molar-refractivity contribution is 6.20. The summed E-state index contributed by atoms with van der Waals surface area (Å²) in [5.74, 6) is 1.15. The van der Waals surface area contributed by atoms with Gasteiger partial charge >= 0.3 is 0 Å². The highest BCUT2D eigenvalue weighted by atomic mass is 35.5. The molecule has 0 radical (unpaired) electrons. The summed E-state index contributed by atoms with van der Waals surface area (Å²) in [6, 6.07) is 0. The molecule has 1 heterocycles. The molecule has 0 aromatic rings. The van der Waals surface area contributed by atoms with E-state index in [-0.39, 0.29) is 5.56 Å². The zero-order valence-corrected chi connectivity index (χ0v) is 9.19. The SMILES string of the molecule is CC1COC(Cl)C1CC(C)(C)C. The van der Waals surface area contributed by atoms with Crippen LogP contribution >= 0.6 is 11.6 Å². The summed E-state index contributed by atoms with van der Waals surface area (Å²) in [5, 5.41) is 0. The molecule has 12 heavy (non-hydrogen) atoms. The van der Waals surface area contributed by atoms with Gasteiger partial charge in [0.25, 0.3) is 0 Å². The maximum absolute atomic E-state index is 6.06. The van der Waals surface area contributed by atoms with Gasteiger partial charge in [0.1, 0.15) is 5.56 Å². The predicted octanol–water partition coefficient (Wildman–Crippen LogP) is 3.27. The van der Waals surface area contributed by atoms with Crippen molar-refractivity contribution in [3.05, 3.63) is 0 Å². The lowest BCUT2D eigenvalue weighted by Gasteiger charge is -2.26. The van der Waals surface area contributed by atoms with Crippen molar-refractivity contribution < 1.29 is 4.74 Å². The van der Waals surface area contributed by atoms with Gasteiger partial charge in [0.05, 0.1) is 6.61 Å². The monoisotopic (exact) mass is 190 g/mol. The van der Waals surface area contributed by atoms with Crippen molar-refractivity contribution in [3.8, 4) is 0 Å². The standard InChI is InChI=1S/C10H19ClO/c1-7-6-12-9(11)8(7)5-10(2,3)4/h7-9H,5-6H2,1-4H3. The van der Waals surface area contributed by atoms with Crippen LogP contribution in [0.5, 0.6) is 0 Å². The van der Waals surface area contributed by atoms with E-state index < -0.39 is 0 Å². The maximum Gasteiger partial charge on any atom is 0.134 e. The van der Waals surface area contributed by atoms with Crippen molar-refractivity contribution in [2.75, 3.05) is 6.61 Å². The van der Waals surface area contributed by atoms with Crippen molar-refractivity contribution in [3.63, 3.8) is 0 Å². The quantitative estimate of drug-likeness (QED) is 0.577. The minimum atomic E-state index is -0.0563. The first kappa shape index (κ1) is 10.3. The molecule has 3 atom stereocenters. The van der Waals surface area contributed by atoms with Crippen LogP contribution in [0, 0.1) is 17.3 Å². The molecule has 1 nitrogen and oxygen atoms in total. The largest absolute Gasteiger partial charge is 0.362 e. The second-order valence-electron chi connectivity index (χ2n) is 5.09. The zero-order chi connectivity index (χ0) is 9.35. The molecule has 0 saturated carbocycles. The van der Waals surface area contributed by atoms with Crippen LogP contribution in [0.1, 0.15) is 34.1 Å². The molecule has 0 N–H and O–H groups in total. The molecule has 1 aliphatic rings. The van der Waals surface area contributed by atoms with E-state index in [1.54, 1.807) is 0 Å². The Balaban J connectivity index is 2.50. The van der Waals surface area contributed by atoms with Crippen molar-refractivity contribution in [2.45, 2.75) is 39.7 Å². The Morgan fingerprint density at radius 1 is 1.42 bits per heavy atom. The van der Waals surface area contributed by atoms with Gasteiger partial charge in [-0.25, -0.2) is 0 Å². The number of halogens is 1. The lowest BCUT2D eigenvalue weighted by atomic mass is 9.81. The van der Waals surface area contributed by atoms with Crippen LogP contribution in [-0.4, -0.2) is 12.2 Å². The molecule has 0 aromatic heterocycles. The molecule has 1 fully saturated rings. The highest BCUT2D eigenvalue weighted by Gasteiger charge is 2.35. The average molecular weight is 191 g/mol. The molecule has 3 unspecified atom stereocenters. The molecule has 0 amide bonds. The van der Waals surface area contributed by atoms with Crippen molar-refractivity contribution in [2.24, 2.45) is 17.3 Å². The van der Waals surface area contributed by atoms with Crippen LogP contribution in [0.25, 0.3) is 0 Å². The molecular weight excluding hydrogens is 172 g/mol. The molecule has 1 aliphatic heterocycles. The van der Waals surface area contributed by atoms with Gasteiger partial charge in [-0.1, -0.05) is 39.3 Å². The van der Waals surface area contributed by atoms with E-state index in [1.165, 1.54) is 0 Å². The third kappa shape index (κ3) is 2.63. The van der Waals surface area contributed by atoms with Gasteiger partial charge in [-0.15, -0.1) is 0 Å². The first-order valence-corrected chi connectivity index (χ1v) is 5.09. The Kier molecular flexibility index (Phi) is 3.06. The van der Waals surface area contributed by atoms with Crippen LogP contribution < -0.4 is 0 Å². The van der Waals surface area contributed by atoms with E-state index in [1.807, 2.05) is 0 Å². The molecule has 2 heteroatoms. The van der Waals surface area contributed by atoms with Gasteiger partial charge < -0.3 is 4.74 Å². The lowest BCUT2D eigenvalue weighted by molar-refractivity contribution is 0.140. The van der Waals surface area contributed by atoms with Gasteiger partial charge in [-0.3, -0.25) is 0 Å². The Bertz CT molecular complexity index is 140. The van der Waals surface area contributed by atoms with Crippen LogP contribution in [-0.2, 0) is 4.74 Å². The molecule has 0 spiro atoms. The van der Waals surface area contributed by atoms with E-state index in [9.17, 15) is 0 Å². The van der Waals surface area contributed by atoms with E-state index >= 15 is 0 Å². The third-order valence-electron chi connectivity index (χ3n) is 2.43. The first-order valence-electron chi connectivity index (χ1n) is 4.66. The molecule has 0 aromatic carbocycles. The lowest BCUT2D eigenvalue weighted by Crippen LogP contribution is -2.21. The predicted molar refractivity (Wildman–Crippen MR) is 52.3 cm³/mol. The number of alkyl halides is 1. The van der Waals surface area contributed by atoms with Crippen molar-refractivity contribution >= 4 is 11.6 Å². The van der Waals surface area contributed by atoms with Gasteiger partial charge in [0.15, 0.2) is 0 Å². The summed E-state index contributed by atoms with van der Waals surface area (Å²) >= 11 is 6.06. The zero-order valence-electron chi connectivity index (χ0n) is 8.43. The van der Waals surface area contributed by atoms with E-state index in [4.69, 9.17) is 16.3 Å². The second kappa shape index (κ2) is 3.55. The summed E-state index contributed by atoms with van der Waals surface area (Å²) in [6.07, 6.45) is 1.16. The molecule has 72 valence electrons. The van der Waals surface area contributed by atoms with Crippen LogP contribution in [0.4, 0.5) is 0 Å². The Labute approximate surface area is 80.4 Å². The van der Waals surface area contributed by atoms with Gasteiger partial charge in [0, 0.05) is 5.92 Å². The van der Waals surface area contributed by atoms with Crippen molar-refractivity contribution in [1.82, 2.24) is 0 Å². The highest BCUT2D eigenvalue weighted by Crippen LogP contribution is 2.37. The third-order valence-corrected chi connectivity index (χ3v) is 2.88. The van der Waals surface area contributed by atoms with Crippen LogP contribution in [0.3, 0.4) is 0 Å². The fourth-order valence-corrected chi connectivity index (χ4v) is 2.16. The van der Waals surface area contributed by atoms with E-state index in [2.05, 4.69) is 27.7 Å². The fraction of sp³-hybridized carbons (Fsp3) is 1.00. The van der Waals surface area contributed by atoms with E-state index in [0.717, 1.165) is 13.0 Å². The van der Waals surface area contributed by atoms with Crippen molar-refractivity contribution in [1.29, 1.82) is 0 Å². The van der Waals surface area contributed by atoms with E-state index in [0.29, 0.717) is 17.3 Å². The number of hydrogen-bond acceptors (Lipinski definition) is 1. The average Bonchev–Trinajstić information content (AvgIpc) is 2.16. The maximum atomic E-state index is 6.06. The fourth-order valence-electron chi connectivity index (χ4n) is 1.75. The number of ether oxygens (including phenoxy) is 1. The normalized spacial score (nSPS) is 37.2. The molecule has 0 aliphatic carbocycles. The van der Waals surface area contributed by atoms with Gasteiger partial charge in [-0.05, 0) is 17.8 Å². The minimum absolute atomic E-state index is 0.0563. The second-order valence-corrected chi connectivity index (χ2v) is 5.52. The topological polar surface area (TPSA) is 9.23 Å². The summed E-state index contributed by atoms with van der Waals surface area (Å²) < 4.78 is 5.39. The first-order chi connectivity index (χ1) is 5.40. The smallest absolute Gasteiger partial charge is 0.134 e. The molecule has 0 bridgehead atoms.